The van der Waals surface area contributed by atoms with Crippen LogP contribution in [0.4, 0.5) is 0 Å². The average molecular weight is 197 g/mol. The second kappa shape index (κ2) is 2.66. The van der Waals surface area contributed by atoms with Crippen LogP contribution >= 0.6 is 0 Å². The second-order valence-electron chi connectivity index (χ2n) is 4.85. The van der Waals surface area contributed by atoms with E-state index < -0.39 is 0 Å². The first-order chi connectivity index (χ1) is 7.45. The summed E-state index contributed by atoms with van der Waals surface area (Å²) in [6, 6.07) is 6.87. The molecule has 1 heteroatoms. The molecule has 0 amide bonds. The molecular formula is C14H15N. The second-order valence-corrected chi connectivity index (χ2v) is 4.85. The van der Waals surface area contributed by atoms with Crippen molar-refractivity contribution in [1.29, 1.82) is 0 Å². The molecule has 2 heterocycles. The van der Waals surface area contributed by atoms with Gasteiger partial charge in [0.2, 0.25) is 0 Å². The van der Waals surface area contributed by atoms with Crippen LogP contribution in [0.3, 0.4) is 0 Å². The summed E-state index contributed by atoms with van der Waals surface area (Å²) in [6.07, 6.45) is 6.64. The van der Waals surface area contributed by atoms with Gasteiger partial charge in [-0.1, -0.05) is 18.2 Å². The zero-order valence-corrected chi connectivity index (χ0v) is 8.92. The van der Waals surface area contributed by atoms with Crippen LogP contribution in [-0.4, -0.2) is 4.57 Å². The van der Waals surface area contributed by atoms with Crippen LogP contribution in [0.25, 0.3) is 10.9 Å². The van der Waals surface area contributed by atoms with E-state index in [1.807, 2.05) is 0 Å². The molecule has 76 valence electrons. The molecule has 0 saturated heterocycles. The standard InChI is InChI=1S/C14H15N/c1-2-7-13-11(5-1)12-6-3-4-10-8-9-15(13)14(10)12/h3-4,6H,1-2,5,7-9H2. The molecule has 0 saturated carbocycles. The van der Waals surface area contributed by atoms with E-state index in [9.17, 15) is 0 Å². The first kappa shape index (κ1) is 7.98. The molecule has 15 heavy (non-hydrogen) atoms. The number of aryl methyl sites for hydroxylation is 3. The molecule has 0 radical (unpaired) electrons. The summed E-state index contributed by atoms with van der Waals surface area (Å²) in [5.41, 5.74) is 6.45. The first-order valence-electron chi connectivity index (χ1n) is 6.07. The molecule has 1 aromatic carbocycles. The minimum Gasteiger partial charge on any atom is -0.344 e. The maximum absolute atomic E-state index is 2.60. The smallest absolute Gasteiger partial charge is 0.0518 e. The third kappa shape index (κ3) is 0.889. The minimum atomic E-state index is 1.23. The van der Waals surface area contributed by atoms with Crippen molar-refractivity contribution in [3.63, 3.8) is 0 Å². The van der Waals surface area contributed by atoms with E-state index in [1.54, 1.807) is 27.7 Å². The monoisotopic (exact) mass is 197 g/mol. The summed E-state index contributed by atoms with van der Waals surface area (Å²) in [4.78, 5) is 0. The van der Waals surface area contributed by atoms with Crippen LogP contribution in [-0.2, 0) is 25.8 Å². The lowest BCUT2D eigenvalue weighted by molar-refractivity contribution is 0.626. The number of para-hydroxylation sites is 1. The fraction of sp³-hybridized carbons (Fsp3) is 0.429. The summed E-state index contributed by atoms with van der Waals surface area (Å²) in [7, 11) is 0. The van der Waals surface area contributed by atoms with Gasteiger partial charge in [0.25, 0.3) is 0 Å². The van der Waals surface area contributed by atoms with Gasteiger partial charge in [0.15, 0.2) is 0 Å². The molecule has 2 aliphatic rings. The van der Waals surface area contributed by atoms with Gasteiger partial charge >= 0.3 is 0 Å². The number of fused-ring (bicyclic) bond motifs is 3. The van der Waals surface area contributed by atoms with E-state index in [0.29, 0.717) is 0 Å². The van der Waals surface area contributed by atoms with Crippen LogP contribution in [0, 0.1) is 0 Å². The molecule has 1 aliphatic heterocycles. The van der Waals surface area contributed by atoms with Crippen molar-refractivity contribution in [3.05, 3.63) is 35.0 Å². The van der Waals surface area contributed by atoms with Gasteiger partial charge < -0.3 is 4.57 Å². The van der Waals surface area contributed by atoms with E-state index in [2.05, 4.69) is 22.8 Å². The predicted octanol–water partition coefficient (Wildman–Crippen LogP) is 3.08. The van der Waals surface area contributed by atoms with Crippen LogP contribution in [0.15, 0.2) is 18.2 Å². The Morgan fingerprint density at radius 1 is 1.00 bits per heavy atom. The molecule has 2 aromatic rings. The highest BCUT2D eigenvalue weighted by atomic mass is 15.0. The van der Waals surface area contributed by atoms with Crippen molar-refractivity contribution in [3.8, 4) is 0 Å². The molecule has 1 aromatic heterocycles. The minimum absolute atomic E-state index is 1.23. The van der Waals surface area contributed by atoms with Crippen LogP contribution < -0.4 is 0 Å². The van der Waals surface area contributed by atoms with Gasteiger partial charge in [0.1, 0.15) is 0 Å². The highest BCUT2D eigenvalue weighted by Crippen LogP contribution is 2.36. The number of rotatable bonds is 0. The van der Waals surface area contributed by atoms with Crippen molar-refractivity contribution in [1.82, 2.24) is 4.57 Å². The summed E-state index contributed by atoms with van der Waals surface area (Å²) in [5.74, 6) is 0. The number of nitrogens with zero attached hydrogens (tertiary/aromatic N) is 1. The van der Waals surface area contributed by atoms with Crippen LogP contribution in [0.5, 0.6) is 0 Å². The number of benzene rings is 1. The van der Waals surface area contributed by atoms with E-state index in [0.717, 1.165) is 0 Å². The normalized spacial score (nSPS) is 18.4. The molecule has 0 spiro atoms. The van der Waals surface area contributed by atoms with E-state index >= 15 is 0 Å². The quantitative estimate of drug-likeness (QED) is 0.611. The zero-order valence-electron chi connectivity index (χ0n) is 8.92. The van der Waals surface area contributed by atoms with E-state index in [4.69, 9.17) is 0 Å². The lowest BCUT2D eigenvalue weighted by atomic mass is 9.94. The lowest BCUT2D eigenvalue weighted by Crippen LogP contribution is -2.07. The number of hydrogen-bond acceptors (Lipinski definition) is 0. The highest BCUT2D eigenvalue weighted by molar-refractivity contribution is 5.89. The maximum Gasteiger partial charge on any atom is 0.0518 e. The van der Waals surface area contributed by atoms with Crippen molar-refractivity contribution >= 4 is 10.9 Å². The van der Waals surface area contributed by atoms with Crippen molar-refractivity contribution in [2.45, 2.75) is 38.6 Å². The molecule has 1 aliphatic carbocycles. The Morgan fingerprint density at radius 3 is 2.93 bits per heavy atom. The van der Waals surface area contributed by atoms with Gasteiger partial charge in [0, 0.05) is 17.6 Å². The summed E-state index contributed by atoms with van der Waals surface area (Å²) in [5, 5.41) is 1.56. The largest absolute Gasteiger partial charge is 0.344 e. The predicted molar refractivity (Wildman–Crippen MR) is 62.3 cm³/mol. The average Bonchev–Trinajstić information content (AvgIpc) is 2.85. The summed E-state index contributed by atoms with van der Waals surface area (Å²) in [6.45, 7) is 1.23. The Hall–Kier alpha value is -1.24. The summed E-state index contributed by atoms with van der Waals surface area (Å²) < 4.78 is 2.60. The third-order valence-corrected chi connectivity index (χ3v) is 4.08. The Balaban J connectivity index is 2.19. The highest BCUT2D eigenvalue weighted by Gasteiger charge is 2.24. The molecule has 1 nitrogen and oxygen atoms in total. The van der Waals surface area contributed by atoms with Gasteiger partial charge in [-0.2, -0.15) is 0 Å². The van der Waals surface area contributed by atoms with Gasteiger partial charge in [-0.15, -0.1) is 0 Å². The van der Waals surface area contributed by atoms with E-state index in [1.165, 1.54) is 38.6 Å². The lowest BCUT2D eigenvalue weighted by Gasteiger charge is -2.14. The van der Waals surface area contributed by atoms with Crippen molar-refractivity contribution < 1.29 is 0 Å². The van der Waals surface area contributed by atoms with Crippen LogP contribution in [0.1, 0.15) is 29.7 Å². The molecular weight excluding hydrogens is 182 g/mol. The Morgan fingerprint density at radius 2 is 1.93 bits per heavy atom. The van der Waals surface area contributed by atoms with Gasteiger partial charge in [-0.05, 0) is 43.2 Å². The molecule has 4 rings (SSSR count). The molecule has 0 atom stereocenters. The Labute approximate surface area is 89.7 Å². The third-order valence-electron chi connectivity index (χ3n) is 4.08. The first-order valence-corrected chi connectivity index (χ1v) is 6.07. The molecule has 0 bridgehead atoms. The van der Waals surface area contributed by atoms with Gasteiger partial charge in [-0.25, -0.2) is 0 Å². The van der Waals surface area contributed by atoms with Crippen LogP contribution in [0.2, 0.25) is 0 Å². The fourth-order valence-corrected chi connectivity index (χ4v) is 3.45. The molecule has 0 fully saturated rings. The SMILES string of the molecule is c1cc2c3c(c1)c1c(n3CC2)CCCC1. The number of aromatic nitrogens is 1. The van der Waals surface area contributed by atoms with Crippen molar-refractivity contribution in [2.24, 2.45) is 0 Å². The molecule has 0 unspecified atom stereocenters. The maximum atomic E-state index is 2.60. The van der Waals surface area contributed by atoms with Gasteiger partial charge in [0.05, 0.1) is 5.52 Å². The Bertz CT molecular complexity index is 548. The van der Waals surface area contributed by atoms with Gasteiger partial charge in [-0.3, -0.25) is 0 Å². The Kier molecular flexibility index (Phi) is 1.41. The number of hydrogen-bond donors (Lipinski definition) is 0. The topological polar surface area (TPSA) is 4.93 Å². The fourth-order valence-electron chi connectivity index (χ4n) is 3.45. The zero-order chi connectivity index (χ0) is 9.83. The van der Waals surface area contributed by atoms with E-state index in [-0.39, 0.29) is 0 Å². The van der Waals surface area contributed by atoms with Crippen molar-refractivity contribution in [2.75, 3.05) is 0 Å². The molecule has 0 N–H and O–H groups in total. The summed E-state index contributed by atoms with van der Waals surface area (Å²) >= 11 is 0.